The maximum absolute atomic E-state index is 5.12. The Morgan fingerprint density at radius 3 is 2.71 bits per heavy atom. The first-order valence-electron chi connectivity index (χ1n) is 4.89. The fourth-order valence-corrected chi connectivity index (χ4v) is 2.07. The lowest BCUT2D eigenvalue weighted by atomic mass is 10.2. The van der Waals surface area contributed by atoms with Gasteiger partial charge in [-0.2, -0.15) is 0 Å². The molecule has 0 aliphatic carbocycles. The maximum atomic E-state index is 5.12. The van der Waals surface area contributed by atoms with Gasteiger partial charge in [0.1, 0.15) is 0 Å². The summed E-state index contributed by atoms with van der Waals surface area (Å²) in [4.78, 5) is 1.36. The molecule has 0 atom stereocenters. The summed E-state index contributed by atoms with van der Waals surface area (Å²) in [6.07, 6.45) is 5.38. The average Bonchev–Trinajstić information content (AvgIpc) is 2.25. The summed E-state index contributed by atoms with van der Waals surface area (Å²) in [5, 5.41) is 0. The first-order valence-corrected chi connectivity index (χ1v) is 5.87. The molecular formula is C13H15S. The third-order valence-electron chi connectivity index (χ3n) is 1.87. The molecule has 73 valence electrons. The quantitative estimate of drug-likeness (QED) is 0.381. The summed E-state index contributed by atoms with van der Waals surface area (Å²) < 4.78 is 0. The van der Waals surface area contributed by atoms with E-state index >= 15 is 0 Å². The summed E-state index contributed by atoms with van der Waals surface area (Å²) >= 11 is 1.91. The van der Waals surface area contributed by atoms with E-state index in [0.29, 0.717) is 0 Å². The van der Waals surface area contributed by atoms with Crippen molar-refractivity contribution in [1.29, 1.82) is 0 Å². The van der Waals surface area contributed by atoms with Crippen molar-refractivity contribution in [2.24, 2.45) is 0 Å². The van der Waals surface area contributed by atoms with E-state index in [9.17, 15) is 0 Å². The Labute approximate surface area is 90.7 Å². The van der Waals surface area contributed by atoms with Crippen LogP contribution in [0.15, 0.2) is 47.0 Å². The summed E-state index contributed by atoms with van der Waals surface area (Å²) in [5.41, 5.74) is 2.54. The Morgan fingerprint density at radius 1 is 1.21 bits per heavy atom. The van der Waals surface area contributed by atoms with Crippen LogP contribution in [0.25, 0.3) is 0 Å². The fraction of sp³-hybridized carbons (Fsp3) is 0.308. The predicted molar refractivity (Wildman–Crippen MR) is 63.4 cm³/mol. The van der Waals surface area contributed by atoms with Crippen molar-refractivity contribution < 1.29 is 0 Å². The van der Waals surface area contributed by atoms with E-state index in [1.807, 2.05) is 23.9 Å². The molecule has 0 aromatic heterocycles. The lowest BCUT2D eigenvalue weighted by Crippen LogP contribution is -1.79. The van der Waals surface area contributed by atoms with E-state index < -0.39 is 0 Å². The summed E-state index contributed by atoms with van der Waals surface area (Å²) in [7, 11) is 0. The molecule has 0 amide bonds. The molecule has 0 bridgehead atoms. The predicted octanol–water partition coefficient (Wildman–Crippen LogP) is 4.09. The SMILES string of the molecule is [CH]=C=CCCCCSc1ccccc1. The highest BCUT2D eigenvalue weighted by Crippen LogP contribution is 2.18. The van der Waals surface area contributed by atoms with Crippen LogP contribution in [-0.4, -0.2) is 5.75 Å². The van der Waals surface area contributed by atoms with Crippen molar-refractivity contribution in [3.05, 3.63) is 48.7 Å². The topological polar surface area (TPSA) is 0 Å². The van der Waals surface area contributed by atoms with Crippen molar-refractivity contribution in [3.63, 3.8) is 0 Å². The van der Waals surface area contributed by atoms with Crippen molar-refractivity contribution >= 4 is 11.8 Å². The Morgan fingerprint density at radius 2 is 2.00 bits per heavy atom. The number of rotatable bonds is 6. The van der Waals surface area contributed by atoms with Gasteiger partial charge in [-0.1, -0.05) is 18.2 Å². The molecule has 0 saturated heterocycles. The minimum absolute atomic E-state index is 1.05. The lowest BCUT2D eigenvalue weighted by Gasteiger charge is -1.99. The van der Waals surface area contributed by atoms with Gasteiger partial charge in [-0.25, -0.2) is 0 Å². The van der Waals surface area contributed by atoms with Gasteiger partial charge in [0.2, 0.25) is 0 Å². The van der Waals surface area contributed by atoms with Gasteiger partial charge in [0, 0.05) is 4.90 Å². The smallest absolute Gasteiger partial charge is 0.00719 e. The Balaban J connectivity index is 2.07. The van der Waals surface area contributed by atoms with Crippen LogP contribution in [0.3, 0.4) is 0 Å². The highest BCUT2D eigenvalue weighted by Gasteiger charge is 1.91. The second-order valence-electron chi connectivity index (χ2n) is 3.03. The van der Waals surface area contributed by atoms with Gasteiger partial charge in [-0.15, -0.1) is 17.5 Å². The Kier molecular flexibility index (Phi) is 5.97. The molecule has 0 aliphatic rings. The molecule has 0 heterocycles. The van der Waals surface area contributed by atoms with Crippen molar-refractivity contribution in [2.75, 3.05) is 5.75 Å². The van der Waals surface area contributed by atoms with Gasteiger partial charge >= 0.3 is 0 Å². The zero-order valence-corrected chi connectivity index (χ0v) is 9.09. The van der Waals surface area contributed by atoms with E-state index in [2.05, 4.69) is 30.0 Å². The first-order chi connectivity index (χ1) is 6.93. The van der Waals surface area contributed by atoms with Crippen LogP contribution in [-0.2, 0) is 0 Å². The van der Waals surface area contributed by atoms with Gasteiger partial charge in [-0.05, 0) is 49.8 Å². The standard InChI is InChI=1S/C13H15S/c1-2-3-4-5-9-12-14-13-10-7-6-8-11-13/h1,3,6-8,10-11H,4-5,9,12H2. The summed E-state index contributed by atoms with van der Waals surface area (Å²) in [5.74, 6) is 1.18. The first kappa shape index (κ1) is 11.2. The minimum Gasteiger partial charge on any atom is -0.126 e. The van der Waals surface area contributed by atoms with Crippen molar-refractivity contribution in [2.45, 2.75) is 24.2 Å². The molecule has 0 fully saturated rings. The van der Waals surface area contributed by atoms with Crippen LogP contribution < -0.4 is 0 Å². The number of thioether (sulfide) groups is 1. The van der Waals surface area contributed by atoms with Crippen LogP contribution in [0.2, 0.25) is 0 Å². The summed E-state index contributed by atoms with van der Waals surface area (Å²) in [6.45, 7) is 5.12. The van der Waals surface area contributed by atoms with Gasteiger partial charge in [0.25, 0.3) is 0 Å². The van der Waals surface area contributed by atoms with Gasteiger partial charge in [0.15, 0.2) is 0 Å². The molecule has 1 aromatic rings. The third-order valence-corrected chi connectivity index (χ3v) is 2.97. The molecular weight excluding hydrogens is 188 g/mol. The number of allylic oxidation sites excluding steroid dienone is 1. The van der Waals surface area contributed by atoms with E-state index in [4.69, 9.17) is 6.58 Å². The number of unbranched alkanes of at least 4 members (excludes halogenated alkanes) is 2. The zero-order valence-electron chi connectivity index (χ0n) is 8.28. The molecule has 0 nitrogen and oxygen atoms in total. The minimum atomic E-state index is 1.05. The van der Waals surface area contributed by atoms with E-state index in [0.717, 1.165) is 6.42 Å². The number of benzene rings is 1. The maximum Gasteiger partial charge on any atom is 0.00719 e. The molecule has 0 saturated carbocycles. The summed E-state index contributed by atoms with van der Waals surface area (Å²) in [6, 6.07) is 10.5. The molecule has 1 radical (unpaired) electrons. The molecule has 1 heteroatoms. The Bertz CT molecular complexity index is 283. The van der Waals surface area contributed by atoms with Crippen molar-refractivity contribution in [1.82, 2.24) is 0 Å². The van der Waals surface area contributed by atoms with Gasteiger partial charge in [-0.3, -0.25) is 0 Å². The zero-order chi connectivity index (χ0) is 10.1. The molecule has 14 heavy (non-hydrogen) atoms. The van der Waals surface area contributed by atoms with Gasteiger partial charge < -0.3 is 0 Å². The van der Waals surface area contributed by atoms with E-state index in [-0.39, 0.29) is 0 Å². The Hall–Kier alpha value is -0.910. The van der Waals surface area contributed by atoms with Crippen molar-refractivity contribution in [3.8, 4) is 0 Å². The molecule has 0 N–H and O–H groups in total. The van der Waals surface area contributed by atoms with Crippen LogP contribution in [0.5, 0.6) is 0 Å². The number of hydrogen-bond donors (Lipinski definition) is 0. The third kappa shape index (κ3) is 4.96. The lowest BCUT2D eigenvalue weighted by molar-refractivity contribution is 0.823. The highest BCUT2D eigenvalue weighted by atomic mass is 32.2. The molecule has 0 aliphatic heterocycles. The average molecular weight is 203 g/mol. The van der Waals surface area contributed by atoms with Crippen LogP contribution >= 0.6 is 11.8 Å². The normalized spacial score (nSPS) is 9.43. The largest absolute Gasteiger partial charge is 0.126 e. The van der Waals surface area contributed by atoms with E-state index in [1.54, 1.807) is 0 Å². The fourth-order valence-electron chi connectivity index (χ4n) is 1.14. The van der Waals surface area contributed by atoms with Crippen LogP contribution in [0.4, 0.5) is 0 Å². The monoisotopic (exact) mass is 203 g/mol. The highest BCUT2D eigenvalue weighted by molar-refractivity contribution is 7.99. The second-order valence-corrected chi connectivity index (χ2v) is 4.20. The van der Waals surface area contributed by atoms with Gasteiger partial charge in [0.05, 0.1) is 0 Å². The molecule has 1 rings (SSSR count). The second kappa shape index (κ2) is 7.49. The van der Waals surface area contributed by atoms with Crippen LogP contribution in [0, 0.1) is 6.58 Å². The number of hydrogen-bond acceptors (Lipinski definition) is 1. The van der Waals surface area contributed by atoms with Crippen LogP contribution in [0.1, 0.15) is 19.3 Å². The molecule has 0 spiro atoms. The van der Waals surface area contributed by atoms with E-state index in [1.165, 1.54) is 23.5 Å². The molecule has 1 aromatic carbocycles. The molecule has 0 unspecified atom stereocenters.